The third-order valence-corrected chi connectivity index (χ3v) is 5.98. The lowest BCUT2D eigenvalue weighted by Gasteiger charge is -2.20. The number of ether oxygens (including phenoxy) is 1. The first-order valence-electron chi connectivity index (χ1n) is 10.2. The summed E-state index contributed by atoms with van der Waals surface area (Å²) >= 11 is 0. The molecule has 0 saturated carbocycles. The lowest BCUT2D eigenvalue weighted by molar-refractivity contribution is 0.230. The summed E-state index contributed by atoms with van der Waals surface area (Å²) in [4.78, 5) is 14.8. The van der Waals surface area contributed by atoms with E-state index in [0.29, 0.717) is 0 Å². The molecule has 1 aromatic heterocycles. The molecule has 0 amide bonds. The fourth-order valence-corrected chi connectivity index (χ4v) is 4.42. The topological polar surface area (TPSA) is 47.4 Å². The summed E-state index contributed by atoms with van der Waals surface area (Å²) < 4.78 is 7.40. The van der Waals surface area contributed by atoms with Crippen LogP contribution in [0.1, 0.15) is 43.7 Å². The summed E-state index contributed by atoms with van der Waals surface area (Å²) in [5, 5.41) is 4.53. The second kappa shape index (κ2) is 7.85. The molecule has 2 aromatic rings. The number of aromatic nitrogens is 2. The van der Waals surface area contributed by atoms with Gasteiger partial charge in [-0.2, -0.15) is 5.10 Å². The molecule has 0 bridgehead atoms. The van der Waals surface area contributed by atoms with Crippen LogP contribution in [-0.2, 0) is 19.9 Å². The van der Waals surface area contributed by atoms with Crippen LogP contribution in [0, 0.1) is 0 Å². The van der Waals surface area contributed by atoms with Gasteiger partial charge in [0.2, 0.25) is 0 Å². The number of aryl methyl sites for hydroxylation is 1. The van der Waals surface area contributed by atoms with E-state index in [-0.39, 0.29) is 5.56 Å². The Balaban J connectivity index is 1.39. The van der Waals surface area contributed by atoms with Crippen molar-refractivity contribution >= 4 is 0 Å². The van der Waals surface area contributed by atoms with Crippen molar-refractivity contribution in [1.29, 1.82) is 0 Å². The van der Waals surface area contributed by atoms with Gasteiger partial charge in [0, 0.05) is 30.8 Å². The predicted octanol–water partition coefficient (Wildman–Crippen LogP) is 3.19. The summed E-state index contributed by atoms with van der Waals surface area (Å²) in [5.74, 6) is 0.898. The Morgan fingerprint density at radius 3 is 2.67 bits per heavy atom. The van der Waals surface area contributed by atoms with Gasteiger partial charge in [-0.25, -0.2) is 4.68 Å². The maximum Gasteiger partial charge on any atom is 0.269 e. The first-order valence-corrected chi connectivity index (χ1v) is 10.2. The van der Waals surface area contributed by atoms with Crippen LogP contribution in [0.15, 0.2) is 29.1 Å². The Hall–Kier alpha value is -2.14. The van der Waals surface area contributed by atoms with Gasteiger partial charge in [-0.3, -0.25) is 4.79 Å². The van der Waals surface area contributed by atoms with Gasteiger partial charge < -0.3 is 9.64 Å². The van der Waals surface area contributed by atoms with Crippen LogP contribution >= 0.6 is 0 Å². The molecule has 0 N–H and O–H groups in total. The van der Waals surface area contributed by atoms with E-state index in [2.05, 4.69) is 29.1 Å². The zero-order chi connectivity index (χ0) is 18.8. The number of likely N-dealkylation sites (tertiary alicyclic amines) is 1. The van der Waals surface area contributed by atoms with E-state index in [1.54, 1.807) is 7.05 Å². The normalized spacial score (nSPS) is 19.4. The van der Waals surface area contributed by atoms with Crippen LogP contribution in [0.2, 0.25) is 0 Å². The van der Waals surface area contributed by atoms with E-state index in [1.165, 1.54) is 24.1 Å². The lowest BCUT2D eigenvalue weighted by atomic mass is 10.0. The molecule has 4 rings (SSSR count). The fraction of sp³-hybridized carbons (Fsp3) is 0.545. The highest BCUT2D eigenvalue weighted by Gasteiger charge is 2.22. The molecule has 0 radical (unpaired) electrons. The lowest BCUT2D eigenvalue weighted by Crippen LogP contribution is -2.28. The van der Waals surface area contributed by atoms with E-state index in [0.717, 1.165) is 73.0 Å². The molecule has 1 aromatic carbocycles. The van der Waals surface area contributed by atoms with Crippen molar-refractivity contribution in [3.63, 3.8) is 0 Å². The summed E-state index contributed by atoms with van der Waals surface area (Å²) in [5.41, 5.74) is 4.13. The van der Waals surface area contributed by atoms with E-state index >= 15 is 0 Å². The maximum absolute atomic E-state index is 12.2. The third kappa shape index (κ3) is 3.79. The molecule has 2 heterocycles. The van der Waals surface area contributed by atoms with Gasteiger partial charge in [0.25, 0.3) is 5.56 Å². The third-order valence-electron chi connectivity index (χ3n) is 5.98. The largest absolute Gasteiger partial charge is 0.494 e. The van der Waals surface area contributed by atoms with Crippen LogP contribution in [0.25, 0.3) is 11.3 Å². The van der Waals surface area contributed by atoms with Crippen molar-refractivity contribution in [2.75, 3.05) is 19.7 Å². The zero-order valence-electron chi connectivity index (χ0n) is 16.4. The van der Waals surface area contributed by atoms with Crippen LogP contribution in [0.3, 0.4) is 0 Å². The highest BCUT2D eigenvalue weighted by Crippen LogP contribution is 2.29. The SMILES string of the molecule is CC1CCCN1CCCOc1ccc(-c2nn(C)c(=O)c3c2CCC3)cc1. The van der Waals surface area contributed by atoms with Crippen LogP contribution < -0.4 is 10.3 Å². The summed E-state index contributed by atoms with van der Waals surface area (Å²) in [7, 11) is 1.74. The van der Waals surface area contributed by atoms with E-state index in [4.69, 9.17) is 4.74 Å². The minimum Gasteiger partial charge on any atom is -0.494 e. The number of fused-ring (bicyclic) bond motifs is 1. The maximum atomic E-state index is 12.2. The molecule has 2 aliphatic rings. The quantitative estimate of drug-likeness (QED) is 0.736. The monoisotopic (exact) mass is 367 g/mol. The van der Waals surface area contributed by atoms with E-state index in [9.17, 15) is 4.79 Å². The molecule has 5 heteroatoms. The van der Waals surface area contributed by atoms with Gasteiger partial charge in [-0.1, -0.05) is 0 Å². The van der Waals surface area contributed by atoms with E-state index < -0.39 is 0 Å². The van der Waals surface area contributed by atoms with E-state index in [1.807, 2.05) is 12.1 Å². The Bertz CT molecular complexity index is 857. The first-order chi connectivity index (χ1) is 13.1. The van der Waals surface area contributed by atoms with Gasteiger partial charge in [0.05, 0.1) is 12.3 Å². The van der Waals surface area contributed by atoms with Gasteiger partial charge >= 0.3 is 0 Å². The minimum absolute atomic E-state index is 0.0542. The average molecular weight is 367 g/mol. The highest BCUT2D eigenvalue weighted by molar-refractivity contribution is 5.65. The first kappa shape index (κ1) is 18.2. The van der Waals surface area contributed by atoms with Crippen molar-refractivity contribution in [2.24, 2.45) is 7.05 Å². The Labute approximate surface area is 161 Å². The summed E-state index contributed by atoms with van der Waals surface area (Å²) in [6.45, 7) is 5.41. The summed E-state index contributed by atoms with van der Waals surface area (Å²) in [6.07, 6.45) is 6.56. The Morgan fingerprint density at radius 2 is 1.93 bits per heavy atom. The summed E-state index contributed by atoms with van der Waals surface area (Å²) in [6, 6.07) is 8.87. The van der Waals surface area contributed by atoms with Gasteiger partial charge in [-0.15, -0.1) is 0 Å². The molecule has 1 saturated heterocycles. The fourth-order valence-electron chi connectivity index (χ4n) is 4.42. The average Bonchev–Trinajstić information content (AvgIpc) is 3.32. The molecule has 1 unspecified atom stereocenters. The standard InChI is InChI=1S/C22H29N3O2/c1-16-6-4-13-25(16)14-5-15-27-18-11-9-17(10-12-18)21-19-7-3-8-20(19)22(26)24(2)23-21/h9-12,16H,3-8,13-15H2,1-2H3. The molecule has 144 valence electrons. The number of hydrogen-bond donors (Lipinski definition) is 0. The number of hydrogen-bond acceptors (Lipinski definition) is 4. The number of rotatable bonds is 6. The number of benzene rings is 1. The van der Waals surface area contributed by atoms with Crippen molar-refractivity contribution in [3.05, 3.63) is 45.7 Å². The highest BCUT2D eigenvalue weighted by atomic mass is 16.5. The van der Waals surface area contributed by atoms with Gasteiger partial charge in [-0.05, 0) is 81.8 Å². The molecular weight excluding hydrogens is 338 g/mol. The van der Waals surface area contributed by atoms with Gasteiger partial charge in [0.15, 0.2) is 0 Å². The van der Waals surface area contributed by atoms with Crippen molar-refractivity contribution in [3.8, 4) is 17.0 Å². The number of nitrogens with zero attached hydrogens (tertiary/aromatic N) is 3. The van der Waals surface area contributed by atoms with Crippen molar-refractivity contribution < 1.29 is 4.74 Å². The Morgan fingerprint density at radius 1 is 1.15 bits per heavy atom. The second-order valence-corrected chi connectivity index (χ2v) is 7.84. The molecule has 1 aliphatic heterocycles. The second-order valence-electron chi connectivity index (χ2n) is 7.84. The molecule has 1 aliphatic carbocycles. The molecular formula is C22H29N3O2. The molecule has 1 fully saturated rings. The molecule has 27 heavy (non-hydrogen) atoms. The predicted molar refractivity (Wildman–Crippen MR) is 107 cm³/mol. The smallest absolute Gasteiger partial charge is 0.269 e. The molecule has 5 nitrogen and oxygen atoms in total. The Kier molecular flexibility index (Phi) is 5.30. The van der Waals surface area contributed by atoms with Crippen LogP contribution in [0.5, 0.6) is 5.75 Å². The van der Waals surface area contributed by atoms with Gasteiger partial charge in [0.1, 0.15) is 5.75 Å². The minimum atomic E-state index is 0.0542. The van der Waals surface area contributed by atoms with Crippen molar-refractivity contribution in [1.82, 2.24) is 14.7 Å². The van der Waals surface area contributed by atoms with Crippen LogP contribution in [0.4, 0.5) is 0 Å². The van der Waals surface area contributed by atoms with Crippen molar-refractivity contribution in [2.45, 2.75) is 51.5 Å². The molecule has 0 spiro atoms. The molecule has 1 atom stereocenters. The zero-order valence-corrected chi connectivity index (χ0v) is 16.4. The van der Waals surface area contributed by atoms with Crippen LogP contribution in [-0.4, -0.2) is 40.4 Å².